The van der Waals surface area contributed by atoms with E-state index in [1.54, 1.807) is 30.3 Å². The summed E-state index contributed by atoms with van der Waals surface area (Å²) in [6.07, 6.45) is 3.01. The van der Waals surface area contributed by atoms with Gasteiger partial charge in [0.05, 0.1) is 6.61 Å². The van der Waals surface area contributed by atoms with Crippen LogP contribution in [0.4, 0.5) is 10.1 Å². The highest BCUT2D eigenvalue weighted by molar-refractivity contribution is 7.99. The van der Waals surface area contributed by atoms with Gasteiger partial charge < -0.3 is 10.5 Å². The lowest BCUT2D eigenvalue weighted by atomic mass is 10.0. The Morgan fingerprint density at radius 3 is 2.68 bits per heavy atom. The van der Waals surface area contributed by atoms with Crippen LogP contribution in [0, 0.1) is 11.7 Å². The van der Waals surface area contributed by atoms with Gasteiger partial charge in [0.15, 0.2) is 5.78 Å². The molecule has 1 atom stereocenters. The lowest BCUT2D eigenvalue weighted by Crippen LogP contribution is -2.15. The second-order valence-electron chi connectivity index (χ2n) is 6.72. The van der Waals surface area contributed by atoms with E-state index in [9.17, 15) is 14.0 Å². The minimum absolute atomic E-state index is 0.175. The van der Waals surface area contributed by atoms with E-state index in [-0.39, 0.29) is 17.7 Å². The molecule has 0 aliphatic rings. The molecule has 0 aliphatic heterocycles. The van der Waals surface area contributed by atoms with Gasteiger partial charge in [-0.2, -0.15) is 0 Å². The lowest BCUT2D eigenvalue weighted by Gasteiger charge is -2.17. The van der Waals surface area contributed by atoms with Crippen molar-refractivity contribution in [3.63, 3.8) is 0 Å². The van der Waals surface area contributed by atoms with Crippen molar-refractivity contribution in [3.05, 3.63) is 59.4 Å². The van der Waals surface area contributed by atoms with Crippen molar-refractivity contribution in [2.24, 2.45) is 5.92 Å². The number of carbonyl (C=O) groups excluding carboxylic acids is 2. The molecule has 0 saturated heterocycles. The fraction of sp³-hybridized carbons (Fsp3) is 0.364. The molecule has 1 unspecified atom stereocenters. The van der Waals surface area contributed by atoms with Crippen molar-refractivity contribution in [3.8, 4) is 0 Å². The molecule has 28 heavy (non-hydrogen) atoms. The molecule has 2 rings (SSSR count). The topological polar surface area (TPSA) is 69.4 Å². The Morgan fingerprint density at radius 1 is 1.21 bits per heavy atom. The summed E-state index contributed by atoms with van der Waals surface area (Å²) in [5.74, 6) is -0.172. The van der Waals surface area contributed by atoms with Crippen LogP contribution < -0.4 is 5.73 Å². The van der Waals surface area contributed by atoms with Gasteiger partial charge in [0, 0.05) is 40.3 Å². The molecule has 150 valence electrons. The maximum absolute atomic E-state index is 13.8. The molecule has 0 heterocycles. The van der Waals surface area contributed by atoms with E-state index < -0.39 is 5.82 Å². The second-order valence-corrected chi connectivity index (χ2v) is 7.78. The summed E-state index contributed by atoms with van der Waals surface area (Å²) in [6.45, 7) is 3.85. The largest absolute Gasteiger partial charge is 0.466 e. The first-order valence-corrected chi connectivity index (χ1v) is 10.3. The van der Waals surface area contributed by atoms with Gasteiger partial charge in [-0.25, -0.2) is 4.39 Å². The summed E-state index contributed by atoms with van der Waals surface area (Å²) >= 11 is 1.48. The minimum atomic E-state index is -0.459. The third-order valence-electron chi connectivity index (χ3n) is 4.30. The third-order valence-corrected chi connectivity index (χ3v) is 5.60. The zero-order valence-corrected chi connectivity index (χ0v) is 17.1. The van der Waals surface area contributed by atoms with Crippen LogP contribution in [0.3, 0.4) is 0 Å². The van der Waals surface area contributed by atoms with Crippen LogP contribution in [0.5, 0.6) is 0 Å². The van der Waals surface area contributed by atoms with Crippen LogP contribution in [-0.4, -0.2) is 24.1 Å². The predicted octanol–water partition coefficient (Wildman–Crippen LogP) is 5.10. The Hall–Kier alpha value is -2.34. The zero-order chi connectivity index (χ0) is 20.5. The van der Waals surface area contributed by atoms with Crippen LogP contribution in [0.25, 0.3) is 0 Å². The van der Waals surface area contributed by atoms with Gasteiger partial charge in [-0.05, 0) is 36.8 Å². The number of thioether (sulfide) groups is 1. The van der Waals surface area contributed by atoms with Crippen molar-refractivity contribution in [1.82, 2.24) is 0 Å². The second kappa shape index (κ2) is 10.9. The molecule has 6 heteroatoms. The van der Waals surface area contributed by atoms with Gasteiger partial charge in [0.1, 0.15) is 5.82 Å². The van der Waals surface area contributed by atoms with Crippen molar-refractivity contribution in [2.45, 2.75) is 38.0 Å². The summed E-state index contributed by atoms with van der Waals surface area (Å²) < 4.78 is 19.0. The maximum atomic E-state index is 13.8. The monoisotopic (exact) mass is 403 g/mol. The molecule has 4 nitrogen and oxygen atoms in total. The van der Waals surface area contributed by atoms with Gasteiger partial charge in [-0.3, -0.25) is 9.59 Å². The number of unbranched alkanes of at least 4 members (excludes halogenated alkanes) is 1. The number of benzene rings is 2. The molecule has 0 fully saturated rings. The van der Waals surface area contributed by atoms with E-state index >= 15 is 0 Å². The van der Waals surface area contributed by atoms with Crippen LogP contribution in [0.2, 0.25) is 0 Å². The van der Waals surface area contributed by atoms with Gasteiger partial charge in [-0.1, -0.05) is 31.9 Å². The number of hydrogen-bond donors (Lipinski definition) is 1. The first kappa shape index (κ1) is 22.0. The molecule has 2 aromatic rings. The highest BCUT2D eigenvalue weighted by atomic mass is 32.2. The fourth-order valence-corrected chi connectivity index (χ4v) is 3.94. The van der Waals surface area contributed by atoms with E-state index in [1.165, 1.54) is 30.8 Å². The molecule has 0 amide bonds. The Bertz CT molecular complexity index is 825. The summed E-state index contributed by atoms with van der Waals surface area (Å²) in [5.41, 5.74) is 7.00. The van der Waals surface area contributed by atoms with E-state index in [0.717, 1.165) is 19.3 Å². The van der Waals surface area contributed by atoms with Gasteiger partial charge >= 0.3 is 5.97 Å². The van der Waals surface area contributed by atoms with E-state index in [4.69, 9.17) is 10.5 Å². The van der Waals surface area contributed by atoms with Crippen molar-refractivity contribution in [2.75, 3.05) is 18.1 Å². The number of halogens is 1. The minimum Gasteiger partial charge on any atom is -0.466 e. The molecule has 0 radical (unpaired) electrons. The Balaban J connectivity index is 2.18. The van der Waals surface area contributed by atoms with Crippen LogP contribution in [0.1, 0.15) is 49.0 Å². The first-order valence-electron chi connectivity index (χ1n) is 9.36. The Kier molecular flexibility index (Phi) is 8.51. The number of anilines is 1. The average molecular weight is 404 g/mol. The van der Waals surface area contributed by atoms with E-state index in [0.29, 0.717) is 34.1 Å². The zero-order valence-electron chi connectivity index (χ0n) is 16.2. The molecule has 0 spiro atoms. The SMILES string of the molecule is CCCCC(COC(C)=O)CSc1ccc(F)cc1C(=O)c1cccc(N)c1. The predicted molar refractivity (Wildman–Crippen MR) is 111 cm³/mol. The van der Waals surface area contributed by atoms with Crippen LogP contribution in [0.15, 0.2) is 47.4 Å². The summed E-state index contributed by atoms with van der Waals surface area (Å²) in [7, 11) is 0. The number of ketones is 1. The molecular formula is C22H26FNO3S. The smallest absolute Gasteiger partial charge is 0.302 e. The van der Waals surface area contributed by atoms with Gasteiger partial charge in [-0.15, -0.1) is 11.8 Å². The number of nitrogens with two attached hydrogens (primary N) is 1. The maximum Gasteiger partial charge on any atom is 0.302 e. The van der Waals surface area contributed by atoms with Crippen molar-refractivity contribution >= 4 is 29.2 Å². The molecular weight excluding hydrogens is 377 g/mol. The summed E-state index contributed by atoms with van der Waals surface area (Å²) in [5, 5.41) is 0. The highest BCUT2D eigenvalue weighted by Gasteiger charge is 2.18. The summed E-state index contributed by atoms with van der Waals surface area (Å²) in [6, 6.07) is 10.9. The molecule has 0 saturated carbocycles. The Morgan fingerprint density at radius 2 is 2.00 bits per heavy atom. The molecule has 0 aliphatic carbocycles. The number of rotatable bonds is 10. The molecule has 2 aromatic carbocycles. The number of hydrogen-bond acceptors (Lipinski definition) is 5. The summed E-state index contributed by atoms with van der Waals surface area (Å²) in [4.78, 5) is 24.7. The third kappa shape index (κ3) is 6.68. The lowest BCUT2D eigenvalue weighted by molar-refractivity contribution is -0.142. The van der Waals surface area contributed by atoms with Gasteiger partial charge in [0.25, 0.3) is 0 Å². The molecule has 2 N–H and O–H groups in total. The quantitative estimate of drug-likeness (QED) is 0.259. The van der Waals surface area contributed by atoms with E-state index in [2.05, 4.69) is 6.92 Å². The van der Waals surface area contributed by atoms with Crippen LogP contribution >= 0.6 is 11.8 Å². The molecule has 0 aromatic heterocycles. The normalized spacial score (nSPS) is 11.8. The fourth-order valence-electron chi connectivity index (χ4n) is 2.79. The highest BCUT2D eigenvalue weighted by Crippen LogP contribution is 2.29. The molecule has 0 bridgehead atoms. The van der Waals surface area contributed by atoms with Crippen molar-refractivity contribution < 1.29 is 18.7 Å². The average Bonchev–Trinajstić information content (AvgIpc) is 2.67. The number of carbonyl (C=O) groups is 2. The van der Waals surface area contributed by atoms with Gasteiger partial charge in [0.2, 0.25) is 0 Å². The number of esters is 1. The number of nitrogen functional groups attached to an aromatic ring is 1. The Labute approximate surface area is 169 Å². The number of ether oxygens (including phenoxy) is 1. The van der Waals surface area contributed by atoms with E-state index in [1.807, 2.05) is 0 Å². The van der Waals surface area contributed by atoms with Crippen LogP contribution in [-0.2, 0) is 9.53 Å². The standard InChI is InChI=1S/C22H26FNO3S/c1-3-4-6-16(13-27-15(2)25)14-28-21-10-9-18(23)12-20(21)22(26)17-7-5-8-19(24)11-17/h5,7-12,16H,3-4,6,13-14,24H2,1-2H3. The van der Waals surface area contributed by atoms with Crippen molar-refractivity contribution in [1.29, 1.82) is 0 Å². The first-order chi connectivity index (χ1) is 13.4.